The monoisotopic (exact) mass is 208 g/mol. The Hall–Kier alpha value is -0.710. The van der Waals surface area contributed by atoms with Crippen molar-refractivity contribution in [3.05, 3.63) is 0 Å². The van der Waals surface area contributed by atoms with Crippen LogP contribution < -0.4 is 0 Å². The third-order valence-electron chi connectivity index (χ3n) is 3.09. The number of halogens is 2. The van der Waals surface area contributed by atoms with Crippen LogP contribution >= 0.6 is 0 Å². The highest BCUT2D eigenvalue weighted by molar-refractivity contribution is 5.77. The normalized spacial score (nSPS) is 33.3. The molecule has 0 aliphatic heterocycles. The van der Waals surface area contributed by atoms with Crippen molar-refractivity contribution in [2.45, 2.75) is 44.1 Å². The smallest absolute Gasteiger partial charge is 0.377 e. The van der Waals surface area contributed by atoms with Gasteiger partial charge in [-0.3, -0.25) is 0 Å². The maximum absolute atomic E-state index is 13.2. The molecule has 2 atom stereocenters. The third kappa shape index (κ3) is 1.39. The number of carboxylic acid groups (broad SMARTS) is 1. The van der Waals surface area contributed by atoms with Crippen molar-refractivity contribution in [3.63, 3.8) is 0 Å². The van der Waals surface area contributed by atoms with Gasteiger partial charge in [-0.2, -0.15) is 8.78 Å². The summed E-state index contributed by atoms with van der Waals surface area (Å²) in [6.07, 6.45) is 1.16. The van der Waals surface area contributed by atoms with Crippen LogP contribution in [0.25, 0.3) is 0 Å². The maximum atomic E-state index is 13.2. The molecule has 0 radical (unpaired) electrons. The van der Waals surface area contributed by atoms with Crippen molar-refractivity contribution >= 4 is 5.97 Å². The highest BCUT2D eigenvalue weighted by Crippen LogP contribution is 2.47. The van der Waals surface area contributed by atoms with Crippen molar-refractivity contribution in [2.75, 3.05) is 0 Å². The van der Waals surface area contributed by atoms with Gasteiger partial charge in [-0.25, -0.2) is 4.79 Å². The summed E-state index contributed by atoms with van der Waals surface area (Å²) in [6, 6.07) is 0. The van der Waals surface area contributed by atoms with E-state index in [1.54, 1.807) is 6.92 Å². The molecule has 0 spiro atoms. The minimum absolute atomic E-state index is 0.134. The molecule has 2 N–H and O–H groups in total. The number of alkyl halides is 2. The molecule has 14 heavy (non-hydrogen) atoms. The Bertz CT molecular complexity index is 242. The van der Waals surface area contributed by atoms with Gasteiger partial charge >= 0.3 is 11.9 Å². The molecule has 0 bridgehead atoms. The van der Waals surface area contributed by atoms with Crippen LogP contribution in [-0.4, -0.2) is 27.7 Å². The van der Waals surface area contributed by atoms with E-state index in [4.69, 9.17) is 5.11 Å². The first-order valence-corrected chi connectivity index (χ1v) is 4.70. The highest BCUT2D eigenvalue weighted by atomic mass is 19.3. The zero-order chi connectivity index (χ0) is 11.0. The molecule has 0 saturated heterocycles. The first kappa shape index (κ1) is 11.4. The van der Waals surface area contributed by atoms with Gasteiger partial charge in [-0.05, 0) is 25.2 Å². The van der Waals surface area contributed by atoms with Gasteiger partial charge in [0.15, 0.2) is 0 Å². The largest absolute Gasteiger partial charge is 0.477 e. The van der Waals surface area contributed by atoms with Crippen LogP contribution in [0.4, 0.5) is 8.78 Å². The second-order valence-electron chi connectivity index (χ2n) is 3.80. The van der Waals surface area contributed by atoms with E-state index in [0.29, 0.717) is 19.3 Å². The number of aliphatic hydroxyl groups is 1. The topological polar surface area (TPSA) is 57.5 Å². The summed E-state index contributed by atoms with van der Waals surface area (Å²) in [7, 11) is 0. The molecule has 0 amide bonds. The van der Waals surface area contributed by atoms with E-state index < -0.39 is 23.4 Å². The number of hydrogen-bond acceptors (Lipinski definition) is 2. The molecular weight excluding hydrogens is 194 g/mol. The lowest BCUT2D eigenvalue weighted by Crippen LogP contribution is -2.55. The van der Waals surface area contributed by atoms with E-state index in [1.165, 1.54) is 0 Å². The third-order valence-corrected chi connectivity index (χ3v) is 3.09. The highest BCUT2D eigenvalue weighted by Gasteiger charge is 2.63. The van der Waals surface area contributed by atoms with E-state index in [9.17, 15) is 18.7 Å². The molecule has 0 aromatic rings. The Kier molecular flexibility index (Phi) is 2.81. The summed E-state index contributed by atoms with van der Waals surface area (Å²) in [5, 5.41) is 18.1. The number of carboxylic acids is 1. The number of aliphatic carboxylic acids is 1. The fraction of sp³-hybridized carbons (Fsp3) is 0.889. The van der Waals surface area contributed by atoms with E-state index in [0.717, 1.165) is 0 Å². The molecule has 0 aromatic carbocycles. The first-order chi connectivity index (χ1) is 6.36. The van der Waals surface area contributed by atoms with Gasteiger partial charge in [-0.15, -0.1) is 0 Å². The number of rotatable bonds is 3. The zero-order valence-electron chi connectivity index (χ0n) is 7.96. The minimum atomic E-state index is -4.04. The molecule has 1 saturated carbocycles. The van der Waals surface area contributed by atoms with Crippen LogP contribution in [-0.2, 0) is 4.79 Å². The second-order valence-corrected chi connectivity index (χ2v) is 3.80. The predicted molar refractivity (Wildman–Crippen MR) is 45.2 cm³/mol. The lowest BCUT2D eigenvalue weighted by molar-refractivity contribution is -0.217. The summed E-state index contributed by atoms with van der Waals surface area (Å²) in [5.41, 5.74) is -2.35. The molecule has 82 valence electrons. The van der Waals surface area contributed by atoms with Crippen LogP contribution in [0, 0.1) is 5.92 Å². The Morgan fingerprint density at radius 2 is 2.21 bits per heavy atom. The predicted octanol–water partition coefficient (Wildman–Crippen LogP) is 1.65. The van der Waals surface area contributed by atoms with Gasteiger partial charge in [-0.1, -0.05) is 13.3 Å². The van der Waals surface area contributed by atoms with Crippen molar-refractivity contribution in [3.8, 4) is 0 Å². The average Bonchev–Trinajstić information content (AvgIpc) is 2.48. The summed E-state index contributed by atoms with van der Waals surface area (Å²) in [6.45, 7) is 1.68. The molecule has 2 unspecified atom stereocenters. The first-order valence-electron chi connectivity index (χ1n) is 4.70. The van der Waals surface area contributed by atoms with E-state index in [2.05, 4.69) is 0 Å². The molecule has 1 fully saturated rings. The quantitative estimate of drug-likeness (QED) is 0.741. The fourth-order valence-corrected chi connectivity index (χ4v) is 2.20. The number of carbonyl (C=O) groups is 1. The van der Waals surface area contributed by atoms with Crippen LogP contribution in [0.3, 0.4) is 0 Å². The SMILES string of the molecule is CCC1CCCC1(O)C(F)(F)C(=O)O. The summed E-state index contributed by atoms with van der Waals surface area (Å²) >= 11 is 0. The fourth-order valence-electron chi connectivity index (χ4n) is 2.20. The van der Waals surface area contributed by atoms with Gasteiger partial charge in [0.1, 0.15) is 5.60 Å². The van der Waals surface area contributed by atoms with Crippen LogP contribution in [0.15, 0.2) is 0 Å². The summed E-state index contributed by atoms with van der Waals surface area (Å²) in [5.74, 6) is -6.89. The molecule has 0 heterocycles. The number of hydrogen-bond donors (Lipinski definition) is 2. The van der Waals surface area contributed by atoms with Crippen molar-refractivity contribution < 1.29 is 23.8 Å². The second kappa shape index (κ2) is 3.46. The maximum Gasteiger partial charge on any atom is 0.377 e. The van der Waals surface area contributed by atoms with E-state index >= 15 is 0 Å². The zero-order valence-corrected chi connectivity index (χ0v) is 7.96. The lowest BCUT2D eigenvalue weighted by atomic mass is 9.83. The standard InChI is InChI=1S/C9H14F2O3/c1-2-6-4-3-5-8(6,14)9(10,11)7(12)13/h6,14H,2-5H2,1H3,(H,12,13). The average molecular weight is 208 g/mol. The molecular formula is C9H14F2O3. The Morgan fingerprint density at radius 1 is 1.64 bits per heavy atom. The van der Waals surface area contributed by atoms with Crippen molar-refractivity contribution in [1.82, 2.24) is 0 Å². The summed E-state index contributed by atoms with van der Waals surface area (Å²) < 4.78 is 26.4. The Balaban J connectivity index is 2.98. The Labute approximate surface area is 80.7 Å². The lowest BCUT2D eigenvalue weighted by Gasteiger charge is -2.34. The molecule has 1 aliphatic rings. The van der Waals surface area contributed by atoms with Crippen LogP contribution in [0.1, 0.15) is 32.6 Å². The molecule has 3 nitrogen and oxygen atoms in total. The van der Waals surface area contributed by atoms with Crippen molar-refractivity contribution in [2.24, 2.45) is 5.92 Å². The van der Waals surface area contributed by atoms with E-state index in [-0.39, 0.29) is 6.42 Å². The van der Waals surface area contributed by atoms with Gasteiger partial charge in [0.25, 0.3) is 0 Å². The summed E-state index contributed by atoms with van der Waals surface area (Å²) in [4.78, 5) is 10.4. The van der Waals surface area contributed by atoms with Gasteiger partial charge in [0.2, 0.25) is 0 Å². The van der Waals surface area contributed by atoms with E-state index in [1.807, 2.05) is 0 Å². The van der Waals surface area contributed by atoms with Gasteiger partial charge in [0.05, 0.1) is 0 Å². The van der Waals surface area contributed by atoms with Crippen molar-refractivity contribution in [1.29, 1.82) is 0 Å². The van der Waals surface area contributed by atoms with Crippen LogP contribution in [0.5, 0.6) is 0 Å². The molecule has 1 rings (SSSR count). The molecule has 1 aliphatic carbocycles. The van der Waals surface area contributed by atoms with Gasteiger partial charge < -0.3 is 10.2 Å². The Morgan fingerprint density at radius 3 is 2.64 bits per heavy atom. The minimum Gasteiger partial charge on any atom is -0.477 e. The van der Waals surface area contributed by atoms with Crippen LogP contribution in [0.2, 0.25) is 0 Å². The molecule has 5 heteroatoms. The van der Waals surface area contributed by atoms with Gasteiger partial charge in [0, 0.05) is 0 Å². The molecule has 0 aromatic heterocycles.